The van der Waals surface area contributed by atoms with Crippen molar-refractivity contribution >= 4 is 17.7 Å². The molecule has 0 unspecified atom stereocenters. The molecule has 6 heteroatoms. The third-order valence-corrected chi connectivity index (χ3v) is 4.67. The number of amides is 2. The number of carbonyl (C=O) groups is 2. The highest BCUT2D eigenvalue weighted by atomic mass is 19.1. The molecule has 0 radical (unpaired) electrons. The maximum Gasteiger partial charge on any atom is 0.405 e. The molecule has 0 aromatic heterocycles. The molecule has 118 valence electrons. The molecule has 1 aliphatic carbocycles. The van der Waals surface area contributed by atoms with Crippen LogP contribution in [-0.4, -0.2) is 23.1 Å². The molecule has 3 atom stereocenters. The molecule has 1 aromatic carbocycles. The molecule has 2 amide bonds. The van der Waals surface area contributed by atoms with Crippen LogP contribution < -0.4 is 10.2 Å². The second-order valence-electron chi connectivity index (χ2n) is 6.21. The predicted molar refractivity (Wildman–Crippen MR) is 79.1 cm³/mol. The van der Waals surface area contributed by atoms with E-state index in [2.05, 4.69) is 5.32 Å². The van der Waals surface area contributed by atoms with Gasteiger partial charge in [0.1, 0.15) is 5.82 Å². The number of fused-ring (bicyclic) bond motifs is 1. The van der Waals surface area contributed by atoms with Crippen molar-refractivity contribution in [3.05, 3.63) is 29.6 Å². The van der Waals surface area contributed by atoms with Gasteiger partial charge in [-0.2, -0.15) is 0 Å². The Kier molecular flexibility index (Phi) is 3.54. The summed E-state index contributed by atoms with van der Waals surface area (Å²) < 4.78 is 13.7. The summed E-state index contributed by atoms with van der Waals surface area (Å²) in [4.78, 5) is 25.0. The molecule has 3 rings (SSSR count). The van der Waals surface area contributed by atoms with E-state index >= 15 is 0 Å². The maximum absolute atomic E-state index is 13.7. The highest BCUT2D eigenvalue weighted by Crippen LogP contribution is 2.49. The molecular weight excluding hydrogens is 287 g/mol. The normalized spacial score (nSPS) is 27.2. The van der Waals surface area contributed by atoms with Crippen molar-refractivity contribution in [1.82, 2.24) is 5.32 Å². The number of hydrogen-bond donors (Lipinski definition) is 2. The van der Waals surface area contributed by atoms with Gasteiger partial charge in [-0.25, -0.2) is 9.18 Å². The zero-order chi connectivity index (χ0) is 16.0. The van der Waals surface area contributed by atoms with E-state index in [9.17, 15) is 14.0 Å². The standard InChI is InChI=1S/C16H19FN2O3/c1-8-14(18-16(21)22)12-7-11(17)5-6-13(12)19(9(2)20)15(8)10-3-4-10/h5-8,10,14-15,18H,3-4H2,1-2H3,(H,21,22)/t8-,14-,15+/m1/s1. The second kappa shape index (κ2) is 5.26. The minimum absolute atomic E-state index is 0.0488. The molecule has 1 saturated carbocycles. The Morgan fingerprint density at radius 1 is 1.36 bits per heavy atom. The topological polar surface area (TPSA) is 69.6 Å². The van der Waals surface area contributed by atoms with Crippen LogP contribution in [-0.2, 0) is 4.79 Å². The number of halogens is 1. The van der Waals surface area contributed by atoms with E-state index in [1.165, 1.54) is 19.1 Å². The number of hydrogen-bond acceptors (Lipinski definition) is 2. The van der Waals surface area contributed by atoms with Crippen LogP contribution in [0.5, 0.6) is 0 Å². The van der Waals surface area contributed by atoms with Crippen molar-refractivity contribution in [3.8, 4) is 0 Å². The van der Waals surface area contributed by atoms with E-state index in [4.69, 9.17) is 5.11 Å². The number of rotatable bonds is 2. The molecule has 1 aromatic rings. The summed E-state index contributed by atoms with van der Waals surface area (Å²) in [6.45, 7) is 3.42. The predicted octanol–water partition coefficient (Wildman–Crippen LogP) is 2.92. The molecule has 22 heavy (non-hydrogen) atoms. The summed E-state index contributed by atoms with van der Waals surface area (Å²) in [5.41, 5.74) is 1.14. The van der Waals surface area contributed by atoms with Crippen LogP contribution in [0.3, 0.4) is 0 Å². The van der Waals surface area contributed by atoms with E-state index < -0.39 is 18.0 Å². The van der Waals surface area contributed by atoms with Crippen molar-refractivity contribution in [2.24, 2.45) is 11.8 Å². The van der Waals surface area contributed by atoms with E-state index in [0.717, 1.165) is 12.8 Å². The summed E-state index contributed by atoms with van der Waals surface area (Å²) >= 11 is 0. The average Bonchev–Trinajstić information content (AvgIpc) is 3.25. The smallest absolute Gasteiger partial charge is 0.405 e. The number of benzene rings is 1. The lowest BCUT2D eigenvalue weighted by molar-refractivity contribution is -0.117. The van der Waals surface area contributed by atoms with Crippen LogP contribution in [0.1, 0.15) is 38.3 Å². The number of carboxylic acid groups (broad SMARTS) is 1. The highest BCUT2D eigenvalue weighted by Gasteiger charge is 2.47. The number of nitrogens with zero attached hydrogens (tertiary/aromatic N) is 1. The fourth-order valence-corrected chi connectivity index (χ4v) is 3.67. The van der Waals surface area contributed by atoms with E-state index in [1.54, 1.807) is 11.0 Å². The Bertz CT molecular complexity index is 630. The van der Waals surface area contributed by atoms with Crippen LogP contribution >= 0.6 is 0 Å². The highest BCUT2D eigenvalue weighted by molar-refractivity contribution is 5.94. The average molecular weight is 306 g/mol. The van der Waals surface area contributed by atoms with Gasteiger partial charge in [0.05, 0.1) is 6.04 Å². The van der Waals surface area contributed by atoms with Crippen LogP contribution in [0.4, 0.5) is 14.9 Å². The quantitative estimate of drug-likeness (QED) is 0.882. The molecule has 1 heterocycles. The summed E-state index contributed by atoms with van der Waals surface area (Å²) in [6, 6.07) is 3.65. The third kappa shape index (κ3) is 2.42. The molecule has 5 nitrogen and oxygen atoms in total. The fraction of sp³-hybridized carbons (Fsp3) is 0.500. The van der Waals surface area contributed by atoms with Gasteiger partial charge in [0.25, 0.3) is 0 Å². The van der Waals surface area contributed by atoms with Gasteiger partial charge in [-0.1, -0.05) is 6.92 Å². The number of anilines is 1. The zero-order valence-corrected chi connectivity index (χ0v) is 12.5. The molecule has 0 saturated heterocycles. The van der Waals surface area contributed by atoms with E-state index in [-0.39, 0.29) is 17.9 Å². The Hall–Kier alpha value is -2.11. The van der Waals surface area contributed by atoms with Crippen molar-refractivity contribution in [2.75, 3.05) is 4.90 Å². The van der Waals surface area contributed by atoms with Gasteiger partial charge >= 0.3 is 6.09 Å². The van der Waals surface area contributed by atoms with Gasteiger partial charge in [-0.3, -0.25) is 4.79 Å². The van der Waals surface area contributed by atoms with E-state index in [0.29, 0.717) is 17.2 Å². The third-order valence-electron chi connectivity index (χ3n) is 4.67. The minimum Gasteiger partial charge on any atom is -0.465 e. The Morgan fingerprint density at radius 2 is 2.05 bits per heavy atom. The maximum atomic E-state index is 13.7. The van der Waals surface area contributed by atoms with Gasteiger partial charge in [-0.15, -0.1) is 0 Å². The van der Waals surface area contributed by atoms with Crippen molar-refractivity contribution in [2.45, 2.75) is 38.8 Å². The summed E-state index contributed by atoms with van der Waals surface area (Å²) in [6.07, 6.45) is 0.933. The largest absolute Gasteiger partial charge is 0.465 e. The Morgan fingerprint density at radius 3 is 2.59 bits per heavy atom. The van der Waals surface area contributed by atoms with E-state index in [1.807, 2.05) is 6.92 Å². The van der Waals surface area contributed by atoms with Gasteiger partial charge in [0.2, 0.25) is 5.91 Å². The second-order valence-corrected chi connectivity index (χ2v) is 6.21. The monoisotopic (exact) mass is 306 g/mol. The summed E-state index contributed by atoms with van der Waals surface area (Å²) in [5.74, 6) is -0.251. The van der Waals surface area contributed by atoms with Crippen LogP contribution in [0, 0.1) is 17.7 Å². The summed E-state index contributed by atoms with van der Waals surface area (Å²) in [5, 5.41) is 11.6. The lowest BCUT2D eigenvalue weighted by Gasteiger charge is -2.45. The van der Waals surface area contributed by atoms with Crippen molar-refractivity contribution in [3.63, 3.8) is 0 Å². The van der Waals surface area contributed by atoms with Gasteiger partial charge in [0.15, 0.2) is 0 Å². The lowest BCUT2D eigenvalue weighted by atomic mass is 9.80. The van der Waals surface area contributed by atoms with Crippen molar-refractivity contribution < 1.29 is 19.1 Å². The van der Waals surface area contributed by atoms with Crippen LogP contribution in [0.25, 0.3) is 0 Å². The van der Waals surface area contributed by atoms with Gasteiger partial charge in [0, 0.05) is 30.1 Å². The minimum atomic E-state index is -1.14. The lowest BCUT2D eigenvalue weighted by Crippen LogP contribution is -2.53. The van der Waals surface area contributed by atoms with Crippen LogP contribution in [0.15, 0.2) is 18.2 Å². The Labute approximate surface area is 128 Å². The number of carbonyl (C=O) groups excluding carboxylic acids is 1. The Balaban J connectivity index is 2.13. The van der Waals surface area contributed by atoms with Crippen molar-refractivity contribution in [1.29, 1.82) is 0 Å². The van der Waals surface area contributed by atoms with Gasteiger partial charge in [-0.05, 0) is 37.0 Å². The first-order chi connectivity index (χ1) is 10.4. The molecule has 0 spiro atoms. The molecule has 0 bridgehead atoms. The molecule has 1 fully saturated rings. The first-order valence-electron chi connectivity index (χ1n) is 7.49. The molecular formula is C16H19FN2O3. The molecule has 2 N–H and O–H groups in total. The summed E-state index contributed by atoms with van der Waals surface area (Å²) in [7, 11) is 0. The first-order valence-corrected chi connectivity index (χ1v) is 7.49. The number of nitrogens with one attached hydrogen (secondary N) is 1. The van der Waals surface area contributed by atoms with Crippen LogP contribution in [0.2, 0.25) is 0 Å². The fourth-order valence-electron chi connectivity index (χ4n) is 3.67. The molecule has 1 aliphatic heterocycles. The van der Waals surface area contributed by atoms with Gasteiger partial charge < -0.3 is 15.3 Å². The zero-order valence-electron chi connectivity index (χ0n) is 12.5. The first kappa shape index (κ1) is 14.8. The SMILES string of the molecule is CC(=O)N1c2ccc(F)cc2[C@H](NC(=O)O)[C@@H](C)[C@H]1C1CC1. The molecule has 2 aliphatic rings.